The van der Waals surface area contributed by atoms with Crippen molar-refractivity contribution in [3.8, 4) is 0 Å². The fourth-order valence-corrected chi connectivity index (χ4v) is 3.34. The second kappa shape index (κ2) is 7.60. The summed E-state index contributed by atoms with van der Waals surface area (Å²) in [7, 11) is 0. The van der Waals surface area contributed by atoms with Crippen molar-refractivity contribution in [1.29, 1.82) is 0 Å². The minimum Gasteiger partial charge on any atom is -0.303 e. The fraction of sp³-hybridized carbons (Fsp3) is 1.00. The van der Waals surface area contributed by atoms with Crippen molar-refractivity contribution in [2.24, 2.45) is 5.92 Å². The average Bonchev–Trinajstić information content (AvgIpc) is 2.85. The van der Waals surface area contributed by atoms with Gasteiger partial charge in [0.1, 0.15) is 0 Å². The van der Waals surface area contributed by atoms with Crippen LogP contribution in [0.2, 0.25) is 0 Å². The van der Waals surface area contributed by atoms with E-state index < -0.39 is 0 Å². The molecule has 17 heavy (non-hydrogen) atoms. The highest BCUT2D eigenvalue weighted by molar-refractivity contribution is 6.17. The predicted molar refractivity (Wildman–Crippen MR) is 74.8 cm³/mol. The van der Waals surface area contributed by atoms with Crippen LogP contribution in [0.25, 0.3) is 0 Å². The van der Waals surface area contributed by atoms with Crippen LogP contribution in [0.15, 0.2) is 0 Å². The Hall–Kier alpha value is 0.210. The first-order valence-electron chi connectivity index (χ1n) is 7.39. The molecule has 2 fully saturated rings. The van der Waals surface area contributed by atoms with Gasteiger partial charge in [-0.15, -0.1) is 11.6 Å². The lowest BCUT2D eigenvalue weighted by atomic mass is 9.96. The van der Waals surface area contributed by atoms with Crippen LogP contribution in [0.3, 0.4) is 0 Å². The third kappa shape index (κ3) is 4.76. The smallest absolute Gasteiger partial charge is 0.0223 e. The molecule has 0 unspecified atom stereocenters. The summed E-state index contributed by atoms with van der Waals surface area (Å²) in [6.45, 7) is 7.99. The van der Waals surface area contributed by atoms with Gasteiger partial charge in [0, 0.05) is 12.4 Å². The highest BCUT2D eigenvalue weighted by Gasteiger charge is 2.22. The maximum atomic E-state index is 5.71. The molecule has 2 aliphatic rings. The molecule has 0 aromatic carbocycles. The van der Waals surface area contributed by atoms with Gasteiger partial charge < -0.3 is 9.80 Å². The molecule has 0 aromatic rings. The molecule has 0 radical (unpaired) electrons. The summed E-state index contributed by atoms with van der Waals surface area (Å²) in [5.41, 5.74) is 0. The minimum absolute atomic E-state index is 0.825. The standard InChI is InChI=1S/C14H27ClN2/c15-7-1-2-8-16-11-5-14(6-12-16)13-17-9-3-4-10-17/h14H,1-13H2. The van der Waals surface area contributed by atoms with Crippen LogP contribution in [-0.2, 0) is 0 Å². The van der Waals surface area contributed by atoms with Gasteiger partial charge in [-0.3, -0.25) is 0 Å². The molecule has 0 aromatic heterocycles. The van der Waals surface area contributed by atoms with E-state index >= 15 is 0 Å². The lowest BCUT2D eigenvalue weighted by Crippen LogP contribution is -2.38. The van der Waals surface area contributed by atoms with Crippen LogP contribution >= 0.6 is 11.6 Å². The Kier molecular flexibility index (Phi) is 6.10. The van der Waals surface area contributed by atoms with Gasteiger partial charge in [0.25, 0.3) is 0 Å². The van der Waals surface area contributed by atoms with Crippen LogP contribution in [-0.4, -0.2) is 54.9 Å². The Morgan fingerprint density at radius 2 is 1.59 bits per heavy atom. The summed E-state index contributed by atoms with van der Waals surface area (Å²) < 4.78 is 0. The van der Waals surface area contributed by atoms with Crippen molar-refractivity contribution < 1.29 is 0 Å². The maximum absolute atomic E-state index is 5.71. The molecule has 0 aliphatic carbocycles. The normalized spacial score (nSPS) is 24.5. The molecule has 0 amide bonds. The Bertz CT molecular complexity index is 196. The van der Waals surface area contributed by atoms with Gasteiger partial charge in [-0.25, -0.2) is 0 Å². The molecule has 0 N–H and O–H groups in total. The lowest BCUT2D eigenvalue weighted by molar-refractivity contribution is 0.153. The van der Waals surface area contributed by atoms with E-state index in [1.807, 2.05) is 0 Å². The third-order valence-electron chi connectivity index (χ3n) is 4.28. The second-order valence-electron chi connectivity index (χ2n) is 5.69. The molecule has 2 saturated heterocycles. The van der Waals surface area contributed by atoms with Crippen LogP contribution < -0.4 is 0 Å². The monoisotopic (exact) mass is 258 g/mol. The van der Waals surface area contributed by atoms with E-state index in [0.717, 1.165) is 11.8 Å². The number of piperidine rings is 1. The highest BCUT2D eigenvalue weighted by atomic mass is 35.5. The van der Waals surface area contributed by atoms with Crippen LogP contribution in [0.5, 0.6) is 0 Å². The molecular formula is C14H27ClN2. The topological polar surface area (TPSA) is 6.48 Å². The fourth-order valence-electron chi connectivity index (χ4n) is 3.15. The van der Waals surface area contributed by atoms with Crippen LogP contribution in [0.1, 0.15) is 38.5 Å². The molecule has 0 saturated carbocycles. The van der Waals surface area contributed by atoms with Gasteiger partial charge in [-0.2, -0.15) is 0 Å². The molecule has 2 aliphatic heterocycles. The Balaban J connectivity index is 1.57. The summed E-state index contributed by atoms with van der Waals surface area (Å²) in [6.07, 6.45) is 8.14. The number of rotatable bonds is 6. The number of likely N-dealkylation sites (tertiary alicyclic amines) is 2. The predicted octanol–water partition coefficient (Wildman–Crippen LogP) is 2.81. The van der Waals surface area contributed by atoms with Crippen molar-refractivity contribution in [3.05, 3.63) is 0 Å². The Morgan fingerprint density at radius 1 is 0.882 bits per heavy atom. The minimum atomic E-state index is 0.825. The van der Waals surface area contributed by atoms with Gasteiger partial charge >= 0.3 is 0 Å². The average molecular weight is 259 g/mol. The van der Waals surface area contributed by atoms with Crippen molar-refractivity contribution in [2.45, 2.75) is 38.5 Å². The van der Waals surface area contributed by atoms with Crippen molar-refractivity contribution >= 4 is 11.6 Å². The van der Waals surface area contributed by atoms with Crippen LogP contribution in [0.4, 0.5) is 0 Å². The number of hydrogen-bond acceptors (Lipinski definition) is 2. The van der Waals surface area contributed by atoms with E-state index in [2.05, 4.69) is 9.80 Å². The van der Waals surface area contributed by atoms with E-state index in [-0.39, 0.29) is 0 Å². The summed E-state index contributed by atoms with van der Waals surface area (Å²) in [6, 6.07) is 0. The van der Waals surface area contributed by atoms with E-state index in [9.17, 15) is 0 Å². The SMILES string of the molecule is ClCCCCN1CCC(CN2CCCC2)CC1. The Labute approximate surface area is 111 Å². The number of unbranched alkanes of at least 4 members (excludes halogenated alkanes) is 1. The van der Waals surface area contributed by atoms with Gasteiger partial charge in [0.2, 0.25) is 0 Å². The first-order valence-corrected chi connectivity index (χ1v) is 7.92. The molecular weight excluding hydrogens is 232 g/mol. The summed E-state index contributed by atoms with van der Waals surface area (Å²) in [4.78, 5) is 5.31. The van der Waals surface area contributed by atoms with E-state index in [1.165, 1.54) is 77.8 Å². The molecule has 0 spiro atoms. The van der Waals surface area contributed by atoms with E-state index in [4.69, 9.17) is 11.6 Å². The zero-order valence-electron chi connectivity index (χ0n) is 11.0. The first kappa shape index (κ1) is 13.6. The van der Waals surface area contributed by atoms with E-state index in [1.54, 1.807) is 0 Å². The lowest BCUT2D eigenvalue weighted by Gasteiger charge is -2.33. The van der Waals surface area contributed by atoms with Gasteiger partial charge in [-0.05, 0) is 77.2 Å². The Morgan fingerprint density at radius 3 is 2.24 bits per heavy atom. The number of nitrogens with zero attached hydrogens (tertiary/aromatic N) is 2. The quantitative estimate of drug-likeness (QED) is 0.534. The summed E-state index contributed by atoms with van der Waals surface area (Å²) in [5, 5.41) is 0. The number of hydrogen-bond donors (Lipinski definition) is 0. The van der Waals surface area contributed by atoms with Gasteiger partial charge in [-0.1, -0.05) is 0 Å². The molecule has 2 heterocycles. The zero-order valence-corrected chi connectivity index (χ0v) is 11.8. The third-order valence-corrected chi connectivity index (χ3v) is 4.55. The van der Waals surface area contributed by atoms with Gasteiger partial charge in [0.05, 0.1) is 0 Å². The second-order valence-corrected chi connectivity index (χ2v) is 6.07. The number of halogens is 1. The van der Waals surface area contributed by atoms with Gasteiger partial charge in [0.15, 0.2) is 0 Å². The molecule has 3 heteroatoms. The van der Waals surface area contributed by atoms with Crippen molar-refractivity contribution in [1.82, 2.24) is 9.80 Å². The van der Waals surface area contributed by atoms with Crippen molar-refractivity contribution in [3.63, 3.8) is 0 Å². The molecule has 2 rings (SSSR count). The summed E-state index contributed by atoms with van der Waals surface area (Å²) in [5.74, 6) is 1.79. The first-order chi connectivity index (χ1) is 8.38. The van der Waals surface area contributed by atoms with E-state index in [0.29, 0.717) is 0 Å². The molecule has 0 atom stereocenters. The molecule has 0 bridgehead atoms. The largest absolute Gasteiger partial charge is 0.303 e. The van der Waals surface area contributed by atoms with Crippen LogP contribution in [0, 0.1) is 5.92 Å². The van der Waals surface area contributed by atoms with Crippen molar-refractivity contribution in [2.75, 3.05) is 45.1 Å². The molecule has 2 nitrogen and oxygen atoms in total. The maximum Gasteiger partial charge on any atom is 0.0223 e. The highest BCUT2D eigenvalue weighted by Crippen LogP contribution is 2.20. The molecule has 100 valence electrons. The number of alkyl halides is 1. The summed E-state index contributed by atoms with van der Waals surface area (Å²) >= 11 is 5.71. The zero-order chi connectivity index (χ0) is 11.9.